The molecule has 0 atom stereocenters. The van der Waals surface area contributed by atoms with Gasteiger partial charge in [0.1, 0.15) is 6.54 Å². The lowest BCUT2D eigenvalue weighted by molar-refractivity contribution is -0.119. The summed E-state index contributed by atoms with van der Waals surface area (Å²) in [4.78, 5) is 12.8. The smallest absolute Gasteiger partial charge is 0.264 e. The molecule has 8 nitrogen and oxygen atoms in total. The molecule has 3 aromatic carbocycles. The summed E-state index contributed by atoms with van der Waals surface area (Å²) in [7, 11) is -0.936. The van der Waals surface area contributed by atoms with Crippen LogP contribution in [-0.2, 0) is 14.8 Å². The fourth-order valence-corrected chi connectivity index (χ4v) is 5.17. The van der Waals surface area contributed by atoms with Crippen LogP contribution < -0.4 is 19.2 Å². The van der Waals surface area contributed by atoms with Crippen LogP contribution in [0.1, 0.15) is 11.1 Å². The Balaban J connectivity index is 1.81. The van der Waals surface area contributed by atoms with Gasteiger partial charge in [-0.15, -0.1) is 0 Å². The van der Waals surface area contributed by atoms with Gasteiger partial charge in [0.15, 0.2) is 11.5 Å². The number of nitrogens with zero attached hydrogens (tertiary/aromatic N) is 2. The Labute approximate surface area is 207 Å². The molecule has 1 N–H and O–H groups in total. The standard InChI is InChI=1S/C24H24BrN3O5S/c1-17-9-11-19(12-10-17)28(34(30,31)20-7-5-4-6-8-20)16-23(29)27-26-15-18-13-21(25)24(33-3)22(14-18)32-2/h4-15H,16H2,1-3H3,(H,27,29)/b26-15-. The highest BCUT2D eigenvalue weighted by Crippen LogP contribution is 2.35. The summed E-state index contributed by atoms with van der Waals surface area (Å²) in [5.41, 5.74) is 4.37. The molecule has 0 aromatic heterocycles. The Morgan fingerprint density at radius 2 is 1.74 bits per heavy atom. The number of hydrogen-bond donors (Lipinski definition) is 1. The number of anilines is 1. The van der Waals surface area contributed by atoms with Crippen molar-refractivity contribution in [2.24, 2.45) is 5.10 Å². The monoisotopic (exact) mass is 545 g/mol. The zero-order chi connectivity index (χ0) is 24.7. The van der Waals surface area contributed by atoms with Gasteiger partial charge in [0.25, 0.3) is 15.9 Å². The number of halogens is 1. The number of sulfonamides is 1. The minimum atomic E-state index is -3.98. The summed E-state index contributed by atoms with van der Waals surface area (Å²) >= 11 is 3.40. The molecule has 0 fully saturated rings. The molecule has 0 aliphatic carbocycles. The van der Waals surface area contributed by atoms with Crippen molar-refractivity contribution in [3.8, 4) is 11.5 Å². The van der Waals surface area contributed by atoms with Gasteiger partial charge in [-0.05, 0) is 64.8 Å². The van der Waals surface area contributed by atoms with Crippen LogP contribution >= 0.6 is 15.9 Å². The van der Waals surface area contributed by atoms with Crippen LogP contribution in [0.25, 0.3) is 0 Å². The van der Waals surface area contributed by atoms with Gasteiger partial charge in [0, 0.05) is 0 Å². The molecule has 0 saturated heterocycles. The van der Waals surface area contributed by atoms with E-state index in [4.69, 9.17) is 9.47 Å². The Morgan fingerprint density at radius 3 is 2.35 bits per heavy atom. The second-order valence-electron chi connectivity index (χ2n) is 7.19. The number of hydrogen-bond acceptors (Lipinski definition) is 6. The van der Waals surface area contributed by atoms with Gasteiger partial charge >= 0.3 is 0 Å². The van der Waals surface area contributed by atoms with Gasteiger partial charge in [0.2, 0.25) is 0 Å². The van der Waals surface area contributed by atoms with Crippen LogP contribution in [0.4, 0.5) is 5.69 Å². The van der Waals surface area contributed by atoms with Gasteiger partial charge < -0.3 is 9.47 Å². The van der Waals surface area contributed by atoms with Crippen LogP contribution in [0.2, 0.25) is 0 Å². The minimum absolute atomic E-state index is 0.0852. The molecule has 3 aromatic rings. The fraction of sp³-hybridized carbons (Fsp3) is 0.167. The summed E-state index contributed by atoms with van der Waals surface area (Å²) in [5.74, 6) is 0.420. The van der Waals surface area contributed by atoms with Gasteiger partial charge in [0.05, 0.1) is 35.5 Å². The van der Waals surface area contributed by atoms with Crippen molar-refractivity contribution in [1.82, 2.24) is 5.43 Å². The van der Waals surface area contributed by atoms with Crippen LogP contribution in [0, 0.1) is 6.92 Å². The van der Waals surface area contributed by atoms with E-state index < -0.39 is 22.5 Å². The lowest BCUT2D eigenvalue weighted by Crippen LogP contribution is -2.39. The molecule has 0 spiro atoms. The second kappa shape index (κ2) is 11.2. The highest BCUT2D eigenvalue weighted by atomic mass is 79.9. The molecule has 0 unspecified atom stereocenters. The number of amides is 1. The van der Waals surface area contributed by atoms with Crippen molar-refractivity contribution in [3.63, 3.8) is 0 Å². The van der Waals surface area contributed by atoms with Crippen molar-refractivity contribution in [1.29, 1.82) is 0 Å². The number of carbonyl (C=O) groups is 1. The van der Waals surface area contributed by atoms with Crippen molar-refractivity contribution in [2.75, 3.05) is 25.1 Å². The maximum absolute atomic E-state index is 13.3. The molecule has 0 aliphatic heterocycles. The van der Waals surface area contributed by atoms with Gasteiger partial charge in [-0.3, -0.25) is 9.10 Å². The highest BCUT2D eigenvalue weighted by Gasteiger charge is 2.27. The molecule has 0 heterocycles. The minimum Gasteiger partial charge on any atom is -0.493 e. The van der Waals surface area contributed by atoms with E-state index in [2.05, 4.69) is 26.5 Å². The summed E-state index contributed by atoms with van der Waals surface area (Å²) in [6.07, 6.45) is 1.42. The maximum atomic E-state index is 13.3. The summed E-state index contributed by atoms with van der Waals surface area (Å²) in [6.45, 7) is 1.45. The molecule has 0 bridgehead atoms. The number of methoxy groups -OCH3 is 2. The number of ether oxygens (including phenoxy) is 2. The average molecular weight is 546 g/mol. The second-order valence-corrected chi connectivity index (χ2v) is 9.91. The van der Waals surface area contributed by atoms with E-state index in [0.717, 1.165) is 9.87 Å². The van der Waals surface area contributed by atoms with Gasteiger partial charge in [-0.1, -0.05) is 35.9 Å². The highest BCUT2D eigenvalue weighted by molar-refractivity contribution is 9.10. The number of carbonyl (C=O) groups excluding carboxylic acids is 1. The molecule has 178 valence electrons. The number of rotatable bonds is 9. The Bertz CT molecular complexity index is 1280. The largest absolute Gasteiger partial charge is 0.493 e. The van der Waals surface area contributed by atoms with Crippen molar-refractivity contribution in [2.45, 2.75) is 11.8 Å². The molecule has 3 rings (SSSR count). The van der Waals surface area contributed by atoms with Crippen LogP contribution in [0.5, 0.6) is 11.5 Å². The van der Waals surface area contributed by atoms with Gasteiger partial charge in [-0.2, -0.15) is 5.10 Å². The molecule has 1 amide bonds. The van der Waals surface area contributed by atoms with E-state index >= 15 is 0 Å². The van der Waals surface area contributed by atoms with E-state index in [0.29, 0.717) is 27.2 Å². The zero-order valence-corrected chi connectivity index (χ0v) is 21.3. The summed E-state index contributed by atoms with van der Waals surface area (Å²) in [5, 5.41) is 3.97. The van der Waals surface area contributed by atoms with Crippen molar-refractivity contribution < 1.29 is 22.7 Å². The van der Waals surface area contributed by atoms with E-state index in [1.54, 1.807) is 54.6 Å². The number of nitrogens with one attached hydrogen (secondary N) is 1. The number of aryl methyl sites for hydroxylation is 1. The Morgan fingerprint density at radius 1 is 1.06 bits per heavy atom. The van der Waals surface area contributed by atoms with Crippen LogP contribution in [0.15, 0.2) is 81.2 Å². The molecule has 34 heavy (non-hydrogen) atoms. The molecular weight excluding hydrogens is 522 g/mol. The first-order chi connectivity index (χ1) is 16.3. The quantitative estimate of drug-likeness (QED) is 0.322. The molecular formula is C24H24BrN3O5S. The first-order valence-corrected chi connectivity index (χ1v) is 12.4. The molecule has 10 heteroatoms. The van der Waals surface area contributed by atoms with E-state index in [1.165, 1.54) is 32.6 Å². The molecule has 0 aliphatic rings. The zero-order valence-electron chi connectivity index (χ0n) is 18.9. The average Bonchev–Trinajstić information content (AvgIpc) is 2.83. The van der Waals surface area contributed by atoms with E-state index in [1.807, 2.05) is 6.92 Å². The SMILES string of the molecule is COc1cc(/C=N\NC(=O)CN(c2ccc(C)cc2)S(=O)(=O)c2ccccc2)cc(Br)c1OC. The topological polar surface area (TPSA) is 97.3 Å². The van der Waals surface area contributed by atoms with Crippen molar-refractivity contribution in [3.05, 3.63) is 82.3 Å². The number of benzene rings is 3. The molecule has 0 radical (unpaired) electrons. The van der Waals surface area contributed by atoms with Crippen LogP contribution in [0.3, 0.4) is 0 Å². The molecule has 0 saturated carbocycles. The predicted octanol–water partition coefficient (Wildman–Crippen LogP) is 4.12. The first kappa shape index (κ1) is 25.3. The van der Waals surface area contributed by atoms with Gasteiger partial charge in [-0.25, -0.2) is 13.8 Å². The number of hydrazone groups is 1. The van der Waals surface area contributed by atoms with Crippen LogP contribution in [-0.4, -0.2) is 41.3 Å². The summed E-state index contributed by atoms with van der Waals surface area (Å²) < 4.78 is 38.9. The Kier molecular flexibility index (Phi) is 8.30. The first-order valence-electron chi connectivity index (χ1n) is 10.1. The maximum Gasteiger partial charge on any atom is 0.264 e. The third-order valence-corrected chi connectivity index (χ3v) is 7.18. The lowest BCUT2D eigenvalue weighted by Gasteiger charge is -2.23. The lowest BCUT2D eigenvalue weighted by atomic mass is 10.2. The third kappa shape index (κ3) is 5.95. The van der Waals surface area contributed by atoms with E-state index in [-0.39, 0.29) is 4.90 Å². The summed E-state index contributed by atoms with van der Waals surface area (Å²) in [6, 6.07) is 18.3. The fourth-order valence-electron chi connectivity index (χ4n) is 3.10. The Hall–Kier alpha value is -3.37. The predicted molar refractivity (Wildman–Crippen MR) is 135 cm³/mol. The van der Waals surface area contributed by atoms with E-state index in [9.17, 15) is 13.2 Å². The normalized spacial score (nSPS) is 11.3. The van der Waals surface area contributed by atoms with Crippen molar-refractivity contribution >= 4 is 43.8 Å². The third-order valence-electron chi connectivity index (χ3n) is 4.80.